The van der Waals surface area contributed by atoms with Gasteiger partial charge in [0, 0.05) is 0 Å². The van der Waals surface area contributed by atoms with Crippen LogP contribution in [0.1, 0.15) is 95.6 Å². The zero-order valence-electron chi connectivity index (χ0n) is 19.8. The number of rotatable bonds is 18. The second kappa shape index (κ2) is 16.8. The molecule has 5 nitrogen and oxygen atoms in total. The number of nitrogens with one attached hydrogen (secondary N) is 1. The van der Waals surface area contributed by atoms with E-state index in [1.807, 2.05) is 5.32 Å². The van der Waals surface area contributed by atoms with Gasteiger partial charge in [-0.15, -0.1) is 0 Å². The van der Waals surface area contributed by atoms with E-state index in [9.17, 15) is 23.1 Å². The number of carbonyl (C=O) groups is 1. The van der Waals surface area contributed by atoms with Crippen molar-refractivity contribution in [2.24, 2.45) is 5.73 Å². The highest BCUT2D eigenvalue weighted by molar-refractivity contribution is 5.82. The molecule has 0 aromatic heterocycles. The maximum Gasteiger partial charge on any atom is 0.471 e. The molecule has 0 radical (unpaired) electrons. The van der Waals surface area contributed by atoms with Crippen LogP contribution in [0.5, 0.6) is 5.75 Å². The average molecular weight is 475 g/mol. The van der Waals surface area contributed by atoms with Crippen molar-refractivity contribution in [1.82, 2.24) is 5.32 Å². The fourth-order valence-corrected chi connectivity index (χ4v) is 3.70. The summed E-state index contributed by atoms with van der Waals surface area (Å²) in [6.45, 7) is 2.16. The second-order valence-electron chi connectivity index (χ2n) is 8.61. The summed E-state index contributed by atoms with van der Waals surface area (Å²) in [5, 5.41) is 11.2. The van der Waals surface area contributed by atoms with Crippen molar-refractivity contribution in [2.45, 2.75) is 102 Å². The molecule has 1 amide bonds. The summed E-state index contributed by atoms with van der Waals surface area (Å²) < 4.78 is 43.7. The van der Waals surface area contributed by atoms with Gasteiger partial charge in [-0.1, -0.05) is 89.7 Å². The minimum absolute atomic E-state index is 0.348. The number of carbonyl (C=O) groups excluding carboxylic acids is 1. The van der Waals surface area contributed by atoms with Gasteiger partial charge in [0.2, 0.25) is 0 Å². The van der Waals surface area contributed by atoms with Crippen molar-refractivity contribution in [3.63, 3.8) is 0 Å². The molecule has 8 heteroatoms. The van der Waals surface area contributed by atoms with Crippen LogP contribution in [-0.4, -0.2) is 36.4 Å². The monoisotopic (exact) mass is 474 g/mol. The van der Waals surface area contributed by atoms with Crippen LogP contribution in [0.2, 0.25) is 0 Å². The molecule has 1 rings (SSSR count). The third kappa shape index (κ3) is 12.9. The molecule has 190 valence electrons. The lowest BCUT2D eigenvalue weighted by Gasteiger charge is -2.25. The first-order valence-electron chi connectivity index (χ1n) is 12.3. The minimum Gasteiger partial charge on any atom is -0.494 e. The first kappa shape index (κ1) is 29.2. The number of ether oxygens (including phenoxy) is 1. The highest BCUT2D eigenvalue weighted by Crippen LogP contribution is 2.24. The SMILES string of the molecule is CCCCCCCCCCCCCCOc1cccc(C(NC(=O)C(F)(F)F)C(N)CO)c1. The molecule has 33 heavy (non-hydrogen) atoms. The molecule has 4 N–H and O–H groups in total. The fraction of sp³-hybridized carbons (Fsp3) is 0.720. The van der Waals surface area contributed by atoms with Crippen LogP contribution in [0.15, 0.2) is 24.3 Å². The Bertz CT molecular complexity index is 656. The van der Waals surface area contributed by atoms with Gasteiger partial charge in [0.05, 0.1) is 25.3 Å². The van der Waals surface area contributed by atoms with E-state index >= 15 is 0 Å². The van der Waals surface area contributed by atoms with Crippen LogP contribution in [0, 0.1) is 0 Å². The molecule has 0 saturated heterocycles. The molecule has 0 heterocycles. The van der Waals surface area contributed by atoms with E-state index in [2.05, 4.69) is 6.92 Å². The van der Waals surface area contributed by atoms with Crippen molar-refractivity contribution in [3.05, 3.63) is 29.8 Å². The van der Waals surface area contributed by atoms with Gasteiger partial charge in [-0.3, -0.25) is 4.79 Å². The quantitative estimate of drug-likeness (QED) is 0.235. The number of halogens is 3. The van der Waals surface area contributed by atoms with Gasteiger partial charge in [-0.05, 0) is 24.1 Å². The van der Waals surface area contributed by atoms with Gasteiger partial charge >= 0.3 is 12.1 Å². The summed E-state index contributed by atoms with van der Waals surface area (Å²) in [6, 6.07) is 4.17. The molecule has 2 atom stereocenters. The number of amides is 1. The third-order valence-corrected chi connectivity index (χ3v) is 5.67. The van der Waals surface area contributed by atoms with E-state index in [4.69, 9.17) is 10.5 Å². The summed E-state index contributed by atoms with van der Waals surface area (Å²) in [7, 11) is 0. The van der Waals surface area contributed by atoms with Gasteiger partial charge in [0.1, 0.15) is 5.75 Å². The van der Waals surface area contributed by atoms with E-state index in [0.717, 1.165) is 19.3 Å². The number of benzene rings is 1. The number of aliphatic hydroxyl groups is 1. The van der Waals surface area contributed by atoms with E-state index in [0.29, 0.717) is 17.9 Å². The Kier molecular flexibility index (Phi) is 14.8. The highest BCUT2D eigenvalue weighted by atomic mass is 19.4. The Balaban J connectivity index is 2.32. The number of nitrogens with two attached hydrogens (primary N) is 1. The predicted molar refractivity (Wildman–Crippen MR) is 125 cm³/mol. The largest absolute Gasteiger partial charge is 0.494 e. The smallest absolute Gasteiger partial charge is 0.471 e. The van der Waals surface area contributed by atoms with Crippen molar-refractivity contribution in [1.29, 1.82) is 0 Å². The Morgan fingerprint density at radius 3 is 2.06 bits per heavy atom. The predicted octanol–water partition coefficient (Wildman–Crippen LogP) is 5.81. The number of hydrogen-bond acceptors (Lipinski definition) is 4. The van der Waals surface area contributed by atoms with Crippen LogP contribution in [0.25, 0.3) is 0 Å². The summed E-state index contributed by atoms with van der Waals surface area (Å²) in [6.07, 6.45) is 9.91. The molecule has 0 bridgehead atoms. The fourth-order valence-electron chi connectivity index (χ4n) is 3.70. The number of hydrogen-bond donors (Lipinski definition) is 3. The Hall–Kier alpha value is -1.80. The number of unbranched alkanes of at least 4 members (excludes halogenated alkanes) is 11. The second-order valence-corrected chi connectivity index (χ2v) is 8.61. The third-order valence-electron chi connectivity index (χ3n) is 5.67. The standard InChI is InChI=1S/C25H41F3N2O3/c1-2-3-4-5-6-7-8-9-10-11-12-13-17-33-21-16-14-15-20(18-21)23(22(29)19-31)30-24(32)25(26,27)28/h14-16,18,22-23,31H,2-13,17,19,29H2,1H3,(H,30,32). The van der Waals surface area contributed by atoms with Crippen LogP contribution >= 0.6 is 0 Å². The van der Waals surface area contributed by atoms with Crippen LogP contribution < -0.4 is 15.8 Å². The zero-order valence-corrected chi connectivity index (χ0v) is 19.8. The van der Waals surface area contributed by atoms with E-state index in [1.165, 1.54) is 57.8 Å². The first-order valence-corrected chi connectivity index (χ1v) is 12.3. The van der Waals surface area contributed by atoms with Gasteiger partial charge in [-0.25, -0.2) is 0 Å². The van der Waals surface area contributed by atoms with Crippen molar-refractivity contribution < 1.29 is 27.8 Å². The summed E-state index contributed by atoms with van der Waals surface area (Å²) in [5.74, 6) is -1.61. The van der Waals surface area contributed by atoms with E-state index in [-0.39, 0.29) is 0 Å². The highest BCUT2D eigenvalue weighted by Gasteiger charge is 2.40. The molecule has 0 aliphatic heterocycles. The summed E-state index contributed by atoms with van der Waals surface area (Å²) >= 11 is 0. The zero-order chi connectivity index (χ0) is 24.5. The molecule has 1 aromatic carbocycles. The average Bonchev–Trinajstić information content (AvgIpc) is 2.79. The van der Waals surface area contributed by atoms with Gasteiger partial charge in [-0.2, -0.15) is 13.2 Å². The Morgan fingerprint density at radius 2 is 1.55 bits per heavy atom. The molecular formula is C25H41F3N2O3. The maximum absolute atomic E-state index is 12.6. The molecule has 0 saturated carbocycles. The van der Waals surface area contributed by atoms with Crippen LogP contribution in [0.3, 0.4) is 0 Å². The Labute approximate surface area is 196 Å². The van der Waals surface area contributed by atoms with Crippen LogP contribution in [-0.2, 0) is 4.79 Å². The molecule has 0 aliphatic carbocycles. The lowest BCUT2D eigenvalue weighted by molar-refractivity contribution is -0.174. The molecule has 2 unspecified atom stereocenters. The normalized spacial score (nSPS) is 13.5. The van der Waals surface area contributed by atoms with E-state index in [1.54, 1.807) is 24.3 Å². The van der Waals surface area contributed by atoms with Gasteiger partial charge < -0.3 is 20.9 Å². The molecule has 1 aromatic rings. The lowest BCUT2D eigenvalue weighted by Crippen LogP contribution is -2.47. The van der Waals surface area contributed by atoms with Crippen molar-refractivity contribution in [3.8, 4) is 5.75 Å². The van der Waals surface area contributed by atoms with Crippen molar-refractivity contribution in [2.75, 3.05) is 13.2 Å². The summed E-state index contributed by atoms with van der Waals surface area (Å²) in [4.78, 5) is 11.4. The molecule has 0 fully saturated rings. The molecule has 0 aliphatic rings. The lowest BCUT2D eigenvalue weighted by atomic mass is 10.00. The van der Waals surface area contributed by atoms with Crippen LogP contribution in [0.4, 0.5) is 13.2 Å². The molecule has 0 spiro atoms. The number of aliphatic hydroxyl groups excluding tert-OH is 1. The first-order chi connectivity index (χ1) is 15.8. The topological polar surface area (TPSA) is 84.6 Å². The van der Waals surface area contributed by atoms with E-state index < -0.39 is 30.8 Å². The van der Waals surface area contributed by atoms with Gasteiger partial charge in [0.15, 0.2) is 0 Å². The molecular weight excluding hydrogens is 433 g/mol. The van der Waals surface area contributed by atoms with Crippen molar-refractivity contribution >= 4 is 5.91 Å². The maximum atomic E-state index is 12.6. The summed E-state index contributed by atoms with van der Waals surface area (Å²) in [5.41, 5.74) is 6.09. The Morgan fingerprint density at radius 1 is 1.00 bits per heavy atom. The number of alkyl halides is 3. The minimum atomic E-state index is -5.03. The van der Waals surface area contributed by atoms with Gasteiger partial charge in [0.25, 0.3) is 0 Å².